The number of fused-ring (bicyclic) bond motifs is 2. The zero-order valence-electron chi connectivity index (χ0n) is 21.3. The molecule has 8 heteroatoms. The van der Waals surface area contributed by atoms with Crippen molar-refractivity contribution >= 4 is 16.7 Å². The number of aromatic amines is 1. The van der Waals surface area contributed by atoms with E-state index in [-0.39, 0.29) is 17.9 Å². The topological polar surface area (TPSA) is 98.5 Å². The van der Waals surface area contributed by atoms with Crippen molar-refractivity contribution in [3.63, 3.8) is 0 Å². The van der Waals surface area contributed by atoms with Crippen molar-refractivity contribution in [2.24, 2.45) is 0 Å². The van der Waals surface area contributed by atoms with Crippen molar-refractivity contribution in [1.82, 2.24) is 29.3 Å². The molecule has 38 heavy (non-hydrogen) atoms. The van der Waals surface area contributed by atoms with E-state index in [9.17, 15) is 9.59 Å². The molecule has 8 nitrogen and oxygen atoms in total. The number of nitrogens with zero attached hydrogens (tertiary/aromatic N) is 5. The molecule has 0 amide bonds. The van der Waals surface area contributed by atoms with E-state index in [0.29, 0.717) is 30.7 Å². The summed E-state index contributed by atoms with van der Waals surface area (Å²) in [6.45, 7) is 0.901. The van der Waals surface area contributed by atoms with E-state index in [2.05, 4.69) is 32.2 Å². The standard InChI is InChI=1S/C30H30N6O2/c37-24(12-11-23-16-22-17-31-14-13-26(22)34-23)20-35-29(25-18-33-36-15-5-10-28(25)36)19-32-27(30(35)38)9-4-8-21-6-2-1-3-7-21/h1-3,6-7,13-14,16-19,34H,4-5,8-12,15,20H2. The molecule has 0 bridgehead atoms. The van der Waals surface area contributed by atoms with Crippen LogP contribution >= 0.6 is 0 Å². The Kier molecular flexibility index (Phi) is 6.69. The van der Waals surface area contributed by atoms with Crippen molar-refractivity contribution < 1.29 is 4.79 Å². The van der Waals surface area contributed by atoms with E-state index in [1.54, 1.807) is 23.2 Å². The molecule has 0 atom stereocenters. The van der Waals surface area contributed by atoms with Gasteiger partial charge in [-0.1, -0.05) is 30.3 Å². The second-order valence-corrected chi connectivity index (χ2v) is 9.95. The van der Waals surface area contributed by atoms with Gasteiger partial charge >= 0.3 is 0 Å². The fraction of sp³-hybridized carbons (Fsp3) is 0.300. The number of ketones is 1. The molecular weight excluding hydrogens is 476 g/mol. The Bertz CT molecular complexity index is 1610. The first kappa shape index (κ1) is 24.0. The van der Waals surface area contributed by atoms with Gasteiger partial charge in [-0.3, -0.25) is 28.8 Å². The van der Waals surface area contributed by atoms with Crippen molar-refractivity contribution in [3.05, 3.63) is 100 Å². The molecule has 6 rings (SSSR count). The Labute approximate surface area is 220 Å². The summed E-state index contributed by atoms with van der Waals surface area (Å²) in [4.78, 5) is 38.9. The van der Waals surface area contributed by atoms with Crippen molar-refractivity contribution in [2.45, 2.75) is 58.0 Å². The highest BCUT2D eigenvalue weighted by atomic mass is 16.1. The first-order valence-electron chi connectivity index (χ1n) is 13.3. The van der Waals surface area contributed by atoms with Crippen LogP contribution in [0.3, 0.4) is 0 Å². The summed E-state index contributed by atoms with van der Waals surface area (Å²) >= 11 is 0. The summed E-state index contributed by atoms with van der Waals surface area (Å²) in [6.07, 6.45) is 12.2. The lowest BCUT2D eigenvalue weighted by Crippen LogP contribution is -2.30. The third kappa shape index (κ3) is 4.94. The first-order chi connectivity index (χ1) is 18.7. The smallest absolute Gasteiger partial charge is 0.273 e. The molecule has 192 valence electrons. The Balaban J connectivity index is 1.23. The molecule has 5 heterocycles. The fourth-order valence-corrected chi connectivity index (χ4v) is 5.35. The highest BCUT2D eigenvalue weighted by molar-refractivity contribution is 5.81. The minimum Gasteiger partial charge on any atom is -0.358 e. The Hall–Kier alpha value is -4.33. The van der Waals surface area contributed by atoms with Crippen molar-refractivity contribution in [2.75, 3.05) is 0 Å². The first-order valence-corrected chi connectivity index (χ1v) is 13.3. The number of benzene rings is 1. The van der Waals surface area contributed by atoms with Crippen LogP contribution in [0.2, 0.25) is 0 Å². The van der Waals surface area contributed by atoms with Gasteiger partial charge in [-0.2, -0.15) is 5.10 Å². The maximum absolute atomic E-state index is 13.7. The predicted molar refractivity (Wildman–Crippen MR) is 146 cm³/mol. The molecule has 0 fully saturated rings. The van der Waals surface area contributed by atoms with E-state index < -0.39 is 0 Å². The largest absolute Gasteiger partial charge is 0.358 e. The highest BCUT2D eigenvalue weighted by Gasteiger charge is 2.22. The number of hydrogen-bond acceptors (Lipinski definition) is 5. The van der Waals surface area contributed by atoms with Gasteiger partial charge in [0.05, 0.1) is 24.6 Å². The number of rotatable bonds is 10. The SMILES string of the molecule is O=C(CCc1cc2cnccc2[nH]1)Cn1c(-c2cnn3c2CCC3)cnc(CCCc2ccccc2)c1=O. The summed E-state index contributed by atoms with van der Waals surface area (Å²) < 4.78 is 3.61. The summed E-state index contributed by atoms with van der Waals surface area (Å²) in [5.74, 6) is 0.00961. The predicted octanol–water partition coefficient (Wildman–Crippen LogP) is 4.31. The average Bonchev–Trinajstić information content (AvgIpc) is 3.66. The number of Topliss-reactive ketones (excluding diaryl/α,β-unsaturated/α-hetero) is 1. The molecule has 1 N–H and O–H groups in total. The number of carbonyl (C=O) groups is 1. The number of hydrogen-bond donors (Lipinski definition) is 1. The Morgan fingerprint density at radius 3 is 2.79 bits per heavy atom. The molecular formula is C30H30N6O2. The lowest BCUT2D eigenvalue weighted by atomic mass is 10.1. The van der Waals surface area contributed by atoms with Crippen LogP contribution in [0.15, 0.2) is 72.0 Å². The summed E-state index contributed by atoms with van der Waals surface area (Å²) in [6, 6.07) is 14.2. The summed E-state index contributed by atoms with van der Waals surface area (Å²) in [5.41, 5.74) is 6.24. The van der Waals surface area contributed by atoms with Gasteiger partial charge in [-0.25, -0.2) is 0 Å². The van der Waals surface area contributed by atoms with Gasteiger partial charge in [0.25, 0.3) is 5.56 Å². The van der Waals surface area contributed by atoms with E-state index in [0.717, 1.165) is 60.1 Å². The van der Waals surface area contributed by atoms with Crippen LogP contribution in [0.25, 0.3) is 22.2 Å². The molecule has 0 aliphatic carbocycles. The van der Waals surface area contributed by atoms with Crippen LogP contribution in [0, 0.1) is 0 Å². The summed E-state index contributed by atoms with van der Waals surface area (Å²) in [5, 5.41) is 5.53. The number of aryl methyl sites for hydroxylation is 4. The second-order valence-electron chi connectivity index (χ2n) is 9.95. The van der Waals surface area contributed by atoms with Crippen LogP contribution < -0.4 is 5.56 Å². The lowest BCUT2D eigenvalue weighted by molar-refractivity contribution is -0.119. The zero-order valence-corrected chi connectivity index (χ0v) is 21.3. The van der Waals surface area contributed by atoms with Crippen LogP contribution in [0.5, 0.6) is 0 Å². The molecule has 0 unspecified atom stereocenters. The Morgan fingerprint density at radius 2 is 1.92 bits per heavy atom. The third-order valence-corrected chi connectivity index (χ3v) is 7.34. The number of H-pyrrole nitrogens is 1. The van der Waals surface area contributed by atoms with E-state index in [4.69, 9.17) is 0 Å². The van der Waals surface area contributed by atoms with Gasteiger partial charge in [-0.15, -0.1) is 0 Å². The minimum absolute atomic E-state index is 0.00961. The number of nitrogens with one attached hydrogen (secondary N) is 1. The molecule has 1 aliphatic rings. The van der Waals surface area contributed by atoms with Crippen LogP contribution in [0.4, 0.5) is 0 Å². The number of aromatic nitrogens is 6. The van der Waals surface area contributed by atoms with E-state index >= 15 is 0 Å². The van der Waals surface area contributed by atoms with Crippen molar-refractivity contribution in [1.29, 1.82) is 0 Å². The molecule has 5 aromatic rings. The number of carbonyl (C=O) groups excluding carboxylic acids is 1. The van der Waals surface area contributed by atoms with Gasteiger partial charge in [0.2, 0.25) is 0 Å². The Morgan fingerprint density at radius 1 is 1.03 bits per heavy atom. The molecule has 0 saturated carbocycles. The van der Waals surface area contributed by atoms with Gasteiger partial charge in [-0.05, 0) is 56.2 Å². The van der Waals surface area contributed by atoms with Gasteiger partial charge in [0, 0.05) is 53.2 Å². The van der Waals surface area contributed by atoms with Crippen LogP contribution in [0.1, 0.15) is 41.9 Å². The third-order valence-electron chi connectivity index (χ3n) is 7.34. The maximum atomic E-state index is 13.7. The number of pyridine rings is 1. The highest BCUT2D eigenvalue weighted by Crippen LogP contribution is 2.27. The van der Waals surface area contributed by atoms with Gasteiger partial charge in [0.1, 0.15) is 5.69 Å². The monoisotopic (exact) mass is 506 g/mol. The maximum Gasteiger partial charge on any atom is 0.273 e. The lowest BCUT2D eigenvalue weighted by Gasteiger charge is -2.14. The van der Waals surface area contributed by atoms with Gasteiger partial charge < -0.3 is 4.98 Å². The zero-order chi connectivity index (χ0) is 25.9. The minimum atomic E-state index is -0.182. The molecule has 4 aromatic heterocycles. The fourth-order valence-electron chi connectivity index (χ4n) is 5.35. The second kappa shape index (κ2) is 10.6. The van der Waals surface area contributed by atoms with Crippen LogP contribution in [-0.2, 0) is 43.6 Å². The quantitative estimate of drug-likeness (QED) is 0.304. The normalized spacial score (nSPS) is 12.7. The molecule has 0 saturated heterocycles. The van der Waals surface area contributed by atoms with E-state index in [1.165, 1.54) is 5.56 Å². The molecule has 1 aliphatic heterocycles. The van der Waals surface area contributed by atoms with Crippen molar-refractivity contribution in [3.8, 4) is 11.3 Å². The van der Waals surface area contributed by atoms with Gasteiger partial charge in [0.15, 0.2) is 5.78 Å². The molecule has 0 spiro atoms. The molecule has 1 aromatic carbocycles. The average molecular weight is 507 g/mol. The van der Waals surface area contributed by atoms with Crippen LogP contribution in [-0.4, -0.2) is 35.1 Å². The summed E-state index contributed by atoms with van der Waals surface area (Å²) in [7, 11) is 0. The van der Waals surface area contributed by atoms with E-state index in [1.807, 2.05) is 41.2 Å². The molecule has 0 radical (unpaired) electrons.